The first-order valence-electron chi connectivity index (χ1n) is 6.88. The standard InChI is InChI=1S/C17H19NO3S/c1-12(21-15-8-5-7-14(11-15)20-2)17(19)18-13-6-4-9-16(10-13)22-3/h4-12H,1-3H3,(H,18,19)/t12-/m0/s1. The highest BCUT2D eigenvalue weighted by Crippen LogP contribution is 2.21. The van der Waals surface area contributed by atoms with Gasteiger partial charge in [0.15, 0.2) is 6.10 Å². The third-order valence-corrected chi connectivity index (χ3v) is 3.79. The molecule has 0 aliphatic rings. The first-order chi connectivity index (χ1) is 10.6. The van der Waals surface area contributed by atoms with Crippen LogP contribution in [0.4, 0.5) is 5.69 Å². The summed E-state index contributed by atoms with van der Waals surface area (Å²) in [4.78, 5) is 13.3. The van der Waals surface area contributed by atoms with E-state index in [0.717, 1.165) is 10.6 Å². The fourth-order valence-electron chi connectivity index (χ4n) is 1.88. The van der Waals surface area contributed by atoms with Crippen LogP contribution in [-0.4, -0.2) is 25.4 Å². The Morgan fingerprint density at radius 3 is 2.59 bits per heavy atom. The predicted octanol–water partition coefficient (Wildman–Crippen LogP) is 3.82. The van der Waals surface area contributed by atoms with Crippen LogP contribution in [0.25, 0.3) is 0 Å². The van der Waals surface area contributed by atoms with Crippen molar-refractivity contribution in [2.24, 2.45) is 0 Å². The van der Waals surface area contributed by atoms with Gasteiger partial charge in [0.2, 0.25) is 0 Å². The van der Waals surface area contributed by atoms with Gasteiger partial charge in [-0.25, -0.2) is 0 Å². The quantitative estimate of drug-likeness (QED) is 0.823. The van der Waals surface area contributed by atoms with Gasteiger partial charge >= 0.3 is 0 Å². The molecule has 2 rings (SSSR count). The molecule has 0 fully saturated rings. The first kappa shape index (κ1) is 16.2. The fraction of sp³-hybridized carbons (Fsp3) is 0.235. The highest BCUT2D eigenvalue weighted by Gasteiger charge is 2.15. The largest absolute Gasteiger partial charge is 0.497 e. The van der Waals surface area contributed by atoms with Crippen LogP contribution < -0.4 is 14.8 Å². The Bertz CT molecular complexity index is 645. The Morgan fingerprint density at radius 2 is 1.86 bits per heavy atom. The average Bonchev–Trinajstić information content (AvgIpc) is 2.55. The Labute approximate surface area is 134 Å². The second-order valence-corrected chi connectivity index (χ2v) is 5.54. The lowest BCUT2D eigenvalue weighted by Gasteiger charge is -2.15. The summed E-state index contributed by atoms with van der Waals surface area (Å²) in [5.41, 5.74) is 0.762. The molecule has 0 heterocycles. The van der Waals surface area contributed by atoms with E-state index in [9.17, 15) is 4.79 Å². The van der Waals surface area contributed by atoms with Gasteiger partial charge in [-0.2, -0.15) is 0 Å². The zero-order valence-corrected chi connectivity index (χ0v) is 13.6. The number of ether oxygens (including phenoxy) is 2. The molecule has 0 unspecified atom stereocenters. The maximum Gasteiger partial charge on any atom is 0.265 e. The monoisotopic (exact) mass is 317 g/mol. The minimum Gasteiger partial charge on any atom is -0.497 e. The molecule has 5 heteroatoms. The number of hydrogen-bond acceptors (Lipinski definition) is 4. The third kappa shape index (κ3) is 4.43. The maximum atomic E-state index is 12.2. The molecule has 0 radical (unpaired) electrons. The van der Waals surface area contributed by atoms with Gasteiger partial charge in [-0.15, -0.1) is 11.8 Å². The molecule has 0 spiro atoms. The van der Waals surface area contributed by atoms with E-state index in [2.05, 4.69) is 5.32 Å². The van der Waals surface area contributed by atoms with E-state index in [1.54, 1.807) is 37.9 Å². The highest BCUT2D eigenvalue weighted by atomic mass is 32.2. The van der Waals surface area contributed by atoms with Crippen LogP contribution in [0.15, 0.2) is 53.4 Å². The van der Waals surface area contributed by atoms with Crippen LogP contribution in [0.5, 0.6) is 11.5 Å². The van der Waals surface area contributed by atoms with Gasteiger partial charge in [0.05, 0.1) is 7.11 Å². The lowest BCUT2D eigenvalue weighted by atomic mass is 10.3. The molecule has 2 aromatic rings. The number of carbonyl (C=O) groups is 1. The lowest BCUT2D eigenvalue weighted by molar-refractivity contribution is -0.122. The Hall–Kier alpha value is -2.14. The summed E-state index contributed by atoms with van der Waals surface area (Å²) in [5, 5.41) is 2.86. The van der Waals surface area contributed by atoms with Gasteiger partial charge in [-0.05, 0) is 43.5 Å². The van der Waals surface area contributed by atoms with Crippen LogP contribution in [-0.2, 0) is 4.79 Å². The molecule has 116 valence electrons. The number of nitrogens with one attached hydrogen (secondary N) is 1. The summed E-state index contributed by atoms with van der Waals surface area (Å²) in [6, 6.07) is 14.9. The van der Waals surface area contributed by atoms with E-state index in [1.165, 1.54) is 0 Å². The van der Waals surface area contributed by atoms with Crippen molar-refractivity contribution in [3.63, 3.8) is 0 Å². The van der Waals surface area contributed by atoms with E-state index in [-0.39, 0.29) is 5.91 Å². The molecule has 0 saturated heterocycles. The number of anilines is 1. The van der Waals surface area contributed by atoms with Gasteiger partial charge in [0.1, 0.15) is 11.5 Å². The van der Waals surface area contributed by atoms with Gasteiger partial charge in [0, 0.05) is 16.6 Å². The summed E-state index contributed by atoms with van der Waals surface area (Å²) in [7, 11) is 1.59. The van der Waals surface area contributed by atoms with E-state index < -0.39 is 6.10 Å². The minimum atomic E-state index is -0.606. The molecule has 0 bridgehead atoms. The molecule has 1 N–H and O–H groups in total. The van der Waals surface area contributed by atoms with Gasteiger partial charge in [-0.3, -0.25) is 4.79 Å². The number of rotatable bonds is 6. The van der Waals surface area contributed by atoms with E-state index in [4.69, 9.17) is 9.47 Å². The lowest BCUT2D eigenvalue weighted by Crippen LogP contribution is -2.30. The molecule has 2 aromatic carbocycles. The predicted molar refractivity (Wildman–Crippen MR) is 89.9 cm³/mol. The van der Waals surface area contributed by atoms with Crippen LogP contribution in [0.2, 0.25) is 0 Å². The third-order valence-electron chi connectivity index (χ3n) is 3.06. The molecular weight excluding hydrogens is 298 g/mol. The molecule has 22 heavy (non-hydrogen) atoms. The zero-order valence-electron chi connectivity index (χ0n) is 12.8. The van der Waals surface area contributed by atoms with Crippen LogP contribution in [0.3, 0.4) is 0 Å². The Morgan fingerprint density at radius 1 is 1.14 bits per heavy atom. The molecule has 0 aromatic heterocycles. The van der Waals surface area contributed by atoms with Crippen molar-refractivity contribution in [2.75, 3.05) is 18.7 Å². The number of hydrogen-bond donors (Lipinski definition) is 1. The van der Waals surface area contributed by atoms with Crippen molar-refractivity contribution < 1.29 is 14.3 Å². The van der Waals surface area contributed by atoms with E-state index in [0.29, 0.717) is 11.5 Å². The molecular formula is C17H19NO3S. The van der Waals surface area contributed by atoms with Crippen molar-refractivity contribution in [3.05, 3.63) is 48.5 Å². The number of carbonyl (C=O) groups excluding carboxylic acids is 1. The Kier molecular flexibility index (Phi) is 5.72. The first-order valence-corrected chi connectivity index (χ1v) is 8.10. The maximum absolute atomic E-state index is 12.2. The number of amides is 1. The normalized spacial score (nSPS) is 11.6. The van der Waals surface area contributed by atoms with Crippen LogP contribution in [0, 0.1) is 0 Å². The second kappa shape index (κ2) is 7.75. The SMILES string of the molecule is COc1cccc(O[C@@H](C)C(=O)Nc2cccc(SC)c2)c1. The van der Waals surface area contributed by atoms with Crippen molar-refractivity contribution in [1.82, 2.24) is 0 Å². The van der Waals surface area contributed by atoms with E-state index >= 15 is 0 Å². The summed E-state index contributed by atoms with van der Waals surface area (Å²) >= 11 is 1.63. The van der Waals surface area contributed by atoms with Crippen molar-refractivity contribution in [1.29, 1.82) is 0 Å². The van der Waals surface area contributed by atoms with Crippen molar-refractivity contribution in [2.45, 2.75) is 17.9 Å². The molecule has 1 amide bonds. The average molecular weight is 317 g/mol. The number of thioether (sulfide) groups is 1. The second-order valence-electron chi connectivity index (χ2n) is 4.66. The summed E-state index contributed by atoms with van der Waals surface area (Å²) < 4.78 is 10.8. The summed E-state index contributed by atoms with van der Waals surface area (Å²) in [5.74, 6) is 1.10. The van der Waals surface area contributed by atoms with Gasteiger partial charge in [0.25, 0.3) is 5.91 Å². The molecule has 1 atom stereocenters. The van der Waals surface area contributed by atoms with Gasteiger partial charge in [-0.1, -0.05) is 12.1 Å². The highest BCUT2D eigenvalue weighted by molar-refractivity contribution is 7.98. The summed E-state index contributed by atoms with van der Waals surface area (Å²) in [6.07, 6.45) is 1.39. The van der Waals surface area contributed by atoms with E-state index in [1.807, 2.05) is 42.7 Å². The molecule has 0 aliphatic heterocycles. The fourth-order valence-corrected chi connectivity index (χ4v) is 2.34. The Balaban J connectivity index is 1.99. The number of methoxy groups -OCH3 is 1. The smallest absolute Gasteiger partial charge is 0.265 e. The van der Waals surface area contributed by atoms with Gasteiger partial charge < -0.3 is 14.8 Å². The molecule has 4 nitrogen and oxygen atoms in total. The zero-order chi connectivity index (χ0) is 15.9. The minimum absolute atomic E-state index is 0.193. The van der Waals surface area contributed by atoms with Crippen molar-refractivity contribution in [3.8, 4) is 11.5 Å². The van der Waals surface area contributed by atoms with Crippen LogP contribution in [0.1, 0.15) is 6.92 Å². The molecule has 0 aliphatic carbocycles. The van der Waals surface area contributed by atoms with Crippen LogP contribution >= 0.6 is 11.8 Å². The topological polar surface area (TPSA) is 47.6 Å². The van der Waals surface area contributed by atoms with Crippen molar-refractivity contribution >= 4 is 23.4 Å². The molecule has 0 saturated carbocycles. The summed E-state index contributed by atoms with van der Waals surface area (Å²) in [6.45, 7) is 1.72. The number of benzene rings is 2.